The molecule has 1 saturated heterocycles. The number of hydrogen-bond donors (Lipinski definition) is 1. The van der Waals surface area contributed by atoms with E-state index in [-0.39, 0.29) is 17.9 Å². The van der Waals surface area contributed by atoms with Crippen LogP contribution in [0.15, 0.2) is 30.5 Å². The molecule has 3 heterocycles. The Morgan fingerprint density at radius 3 is 2.94 bits per heavy atom. The standard InChI is InChI=1S/C26H32ClN3O4/c1-32-10-7-17-3-6-23(27)18(11-17)15-30(20-4-5-20)25(31)22-14-28-9-8-26(22)21-12-24(33-2)29-13-19(21)16-34-26/h3,6,11-13,20,22,28H,4-5,7-10,14-16H2,1-2H3. The van der Waals surface area contributed by atoms with Crippen LogP contribution < -0.4 is 10.1 Å². The molecule has 0 radical (unpaired) electrons. The van der Waals surface area contributed by atoms with Gasteiger partial charge in [-0.15, -0.1) is 0 Å². The zero-order valence-electron chi connectivity index (χ0n) is 19.8. The summed E-state index contributed by atoms with van der Waals surface area (Å²) < 4.78 is 17.1. The minimum absolute atomic E-state index is 0.122. The third-order valence-electron chi connectivity index (χ3n) is 7.31. The highest BCUT2D eigenvalue weighted by Crippen LogP contribution is 2.48. The number of benzene rings is 1. The van der Waals surface area contributed by atoms with E-state index in [0.717, 1.165) is 54.5 Å². The van der Waals surface area contributed by atoms with Gasteiger partial charge < -0.3 is 24.4 Å². The number of carbonyl (C=O) groups is 1. The predicted octanol–water partition coefficient (Wildman–Crippen LogP) is 3.46. The summed E-state index contributed by atoms with van der Waals surface area (Å²) in [5.41, 5.74) is 3.55. The van der Waals surface area contributed by atoms with Crippen molar-refractivity contribution in [2.75, 3.05) is 33.9 Å². The Balaban J connectivity index is 1.44. The highest BCUT2D eigenvalue weighted by molar-refractivity contribution is 6.31. The fraction of sp³-hybridized carbons (Fsp3) is 0.538. The molecule has 1 spiro atoms. The van der Waals surface area contributed by atoms with Gasteiger partial charge in [-0.3, -0.25) is 4.79 Å². The van der Waals surface area contributed by atoms with Crippen LogP contribution in [0.5, 0.6) is 5.88 Å². The van der Waals surface area contributed by atoms with Crippen molar-refractivity contribution in [3.05, 3.63) is 57.7 Å². The van der Waals surface area contributed by atoms with Crippen molar-refractivity contribution in [3.8, 4) is 5.88 Å². The molecular formula is C26H32ClN3O4. The second-order valence-electron chi connectivity index (χ2n) is 9.43. The van der Waals surface area contributed by atoms with Crippen LogP contribution in [0.2, 0.25) is 5.02 Å². The number of pyridine rings is 1. The van der Waals surface area contributed by atoms with Crippen LogP contribution in [0, 0.1) is 5.92 Å². The number of halogens is 1. The molecule has 1 saturated carbocycles. The fourth-order valence-electron chi connectivity index (χ4n) is 5.29. The van der Waals surface area contributed by atoms with E-state index in [0.29, 0.717) is 37.2 Å². The van der Waals surface area contributed by atoms with E-state index in [9.17, 15) is 4.79 Å². The molecule has 34 heavy (non-hydrogen) atoms. The molecule has 2 aliphatic heterocycles. The average Bonchev–Trinajstić information content (AvgIpc) is 3.65. The molecule has 2 atom stereocenters. The molecule has 182 valence electrons. The van der Waals surface area contributed by atoms with Gasteiger partial charge in [0.25, 0.3) is 0 Å². The molecule has 2 aromatic rings. The maximum absolute atomic E-state index is 14.2. The zero-order valence-corrected chi connectivity index (χ0v) is 20.6. The summed E-state index contributed by atoms with van der Waals surface area (Å²) in [6.45, 7) is 2.99. The SMILES string of the molecule is COCCc1ccc(Cl)c(CN(C(=O)C2CNCCC23OCc2cnc(OC)cc23)C2CC2)c1. The quantitative estimate of drug-likeness (QED) is 0.617. The maximum Gasteiger partial charge on any atom is 0.230 e. The third kappa shape index (κ3) is 4.42. The number of amides is 1. The van der Waals surface area contributed by atoms with Crippen molar-refractivity contribution < 1.29 is 19.0 Å². The van der Waals surface area contributed by atoms with Crippen molar-refractivity contribution >= 4 is 17.5 Å². The monoisotopic (exact) mass is 485 g/mol. The van der Waals surface area contributed by atoms with Crippen molar-refractivity contribution in [1.29, 1.82) is 0 Å². The summed E-state index contributed by atoms with van der Waals surface area (Å²) in [4.78, 5) is 20.6. The second-order valence-corrected chi connectivity index (χ2v) is 9.84. The molecule has 2 unspecified atom stereocenters. The number of carbonyl (C=O) groups excluding carboxylic acids is 1. The average molecular weight is 486 g/mol. The summed E-state index contributed by atoms with van der Waals surface area (Å²) in [5.74, 6) is 0.342. The molecule has 7 nitrogen and oxygen atoms in total. The van der Waals surface area contributed by atoms with E-state index in [4.69, 9.17) is 25.8 Å². The normalized spacial score (nSPS) is 23.7. The Labute approximate surface area is 205 Å². The molecule has 3 aliphatic rings. The van der Waals surface area contributed by atoms with Crippen molar-refractivity contribution in [2.24, 2.45) is 5.92 Å². The fourth-order valence-corrected chi connectivity index (χ4v) is 5.47. The summed E-state index contributed by atoms with van der Waals surface area (Å²) in [6, 6.07) is 8.26. The van der Waals surface area contributed by atoms with Crippen molar-refractivity contribution in [2.45, 2.75) is 50.5 Å². The predicted molar refractivity (Wildman–Crippen MR) is 129 cm³/mol. The Kier molecular flexibility index (Phi) is 6.80. The highest BCUT2D eigenvalue weighted by atomic mass is 35.5. The van der Waals surface area contributed by atoms with Crippen LogP contribution in [0.3, 0.4) is 0 Å². The first-order valence-electron chi connectivity index (χ1n) is 12.0. The van der Waals surface area contributed by atoms with Gasteiger partial charge in [0.05, 0.1) is 26.2 Å². The first-order valence-corrected chi connectivity index (χ1v) is 12.4. The van der Waals surface area contributed by atoms with Gasteiger partial charge >= 0.3 is 0 Å². The summed E-state index contributed by atoms with van der Waals surface area (Å²) in [6.07, 6.45) is 5.41. The summed E-state index contributed by atoms with van der Waals surface area (Å²) in [7, 11) is 3.31. The van der Waals surface area contributed by atoms with Gasteiger partial charge in [0.1, 0.15) is 5.60 Å². The van der Waals surface area contributed by atoms with Gasteiger partial charge in [-0.1, -0.05) is 23.7 Å². The minimum atomic E-state index is -0.662. The molecule has 1 aromatic carbocycles. The first-order chi connectivity index (χ1) is 16.6. The summed E-state index contributed by atoms with van der Waals surface area (Å²) in [5, 5.41) is 4.12. The van der Waals surface area contributed by atoms with E-state index < -0.39 is 5.60 Å². The van der Waals surface area contributed by atoms with Crippen LogP contribution in [-0.2, 0) is 39.4 Å². The van der Waals surface area contributed by atoms with Crippen molar-refractivity contribution in [1.82, 2.24) is 15.2 Å². The molecule has 1 aliphatic carbocycles. The first kappa shape index (κ1) is 23.5. The topological polar surface area (TPSA) is 72.9 Å². The van der Waals surface area contributed by atoms with E-state index in [1.165, 1.54) is 0 Å². The van der Waals surface area contributed by atoms with Gasteiger partial charge in [0.15, 0.2) is 0 Å². The number of ether oxygens (including phenoxy) is 3. The van der Waals surface area contributed by atoms with E-state index in [1.807, 2.05) is 29.3 Å². The number of hydrogen-bond acceptors (Lipinski definition) is 6. The van der Waals surface area contributed by atoms with Crippen LogP contribution in [0.25, 0.3) is 0 Å². The van der Waals surface area contributed by atoms with E-state index in [2.05, 4.69) is 16.4 Å². The second kappa shape index (κ2) is 9.82. The lowest BCUT2D eigenvalue weighted by atomic mass is 9.75. The van der Waals surface area contributed by atoms with Crippen molar-refractivity contribution in [3.63, 3.8) is 0 Å². The Morgan fingerprint density at radius 2 is 2.18 bits per heavy atom. The number of methoxy groups -OCH3 is 2. The lowest BCUT2D eigenvalue weighted by Gasteiger charge is -2.43. The Morgan fingerprint density at radius 1 is 1.32 bits per heavy atom. The lowest BCUT2D eigenvalue weighted by molar-refractivity contribution is -0.157. The smallest absolute Gasteiger partial charge is 0.230 e. The van der Waals surface area contributed by atoms with Crippen LogP contribution in [0.4, 0.5) is 0 Å². The number of aromatic nitrogens is 1. The molecular weight excluding hydrogens is 454 g/mol. The molecule has 8 heteroatoms. The number of nitrogens with zero attached hydrogens (tertiary/aromatic N) is 2. The van der Waals surface area contributed by atoms with E-state index >= 15 is 0 Å². The maximum atomic E-state index is 14.2. The van der Waals surface area contributed by atoms with Gasteiger partial charge in [-0.25, -0.2) is 4.98 Å². The van der Waals surface area contributed by atoms with Gasteiger partial charge in [-0.2, -0.15) is 0 Å². The number of fused-ring (bicyclic) bond motifs is 2. The third-order valence-corrected chi connectivity index (χ3v) is 7.68. The highest BCUT2D eigenvalue weighted by Gasteiger charge is 2.53. The molecule has 5 rings (SSSR count). The zero-order chi connectivity index (χ0) is 23.7. The molecule has 1 N–H and O–H groups in total. The number of nitrogens with one attached hydrogen (secondary N) is 1. The van der Waals surface area contributed by atoms with Gasteiger partial charge in [0, 0.05) is 49.1 Å². The minimum Gasteiger partial charge on any atom is -0.481 e. The van der Waals surface area contributed by atoms with Crippen LogP contribution in [0.1, 0.15) is 41.5 Å². The van der Waals surface area contributed by atoms with E-state index in [1.54, 1.807) is 14.2 Å². The molecule has 1 aromatic heterocycles. The van der Waals surface area contributed by atoms with Gasteiger partial charge in [0.2, 0.25) is 11.8 Å². The van der Waals surface area contributed by atoms with Crippen LogP contribution >= 0.6 is 11.6 Å². The van der Waals surface area contributed by atoms with Gasteiger partial charge in [-0.05, 0) is 55.0 Å². The lowest BCUT2D eigenvalue weighted by Crippen LogP contribution is -2.55. The Bertz CT molecular complexity index is 1060. The number of rotatable bonds is 8. The molecule has 1 amide bonds. The summed E-state index contributed by atoms with van der Waals surface area (Å²) >= 11 is 6.58. The molecule has 2 fully saturated rings. The van der Waals surface area contributed by atoms with Crippen LogP contribution in [-0.4, -0.2) is 55.7 Å². The molecule has 0 bridgehead atoms. The Hall–Kier alpha value is -2.19. The largest absolute Gasteiger partial charge is 0.481 e. The number of piperidine rings is 1.